The molecule has 248 valence electrons. The molecule has 2 aliphatic heterocycles. The molecule has 5 rings (SSSR count). The van der Waals surface area contributed by atoms with Gasteiger partial charge in [-0.1, -0.05) is 17.7 Å². The maximum atomic E-state index is 12.9. The van der Waals surface area contributed by atoms with Crippen LogP contribution in [0.5, 0.6) is 11.5 Å². The summed E-state index contributed by atoms with van der Waals surface area (Å²) in [6, 6.07) is 9.81. The minimum Gasteiger partial charge on any atom is -0.507 e. The maximum Gasteiger partial charge on any atom is 0.263 e. The Bertz CT molecular complexity index is 1290. The number of benzene rings is 2. The van der Waals surface area contributed by atoms with Gasteiger partial charge in [0, 0.05) is 37.6 Å². The van der Waals surface area contributed by atoms with Crippen LogP contribution in [0.25, 0.3) is 0 Å². The molecule has 1 amide bonds. The topological polar surface area (TPSA) is 256 Å². The van der Waals surface area contributed by atoms with Gasteiger partial charge in [-0.15, -0.1) is 12.4 Å². The first-order valence-electron chi connectivity index (χ1n) is 13.0. The summed E-state index contributed by atoms with van der Waals surface area (Å²) < 4.78 is 5.22. The smallest absolute Gasteiger partial charge is 0.263 e. The standard InChI is InChI=1S/C27H32ClN7O3.ClH.4H3N.4H2/c1-38-22-10-8-9-21(36)23(22)24(37)30-20-12-11-18(17-19(20)28)29-25-31-26(34-13-4-2-5-14-34)33-27(32-25)35-15-6-3-7-16-35;;;;;;;;;/h8-12,17,36H,2-7,13-16H2,1H3,(H,30,37)(H,29,31,32,33);1H;4*1H3;4*1H. The highest BCUT2D eigenvalue weighted by atomic mass is 35.5. The van der Waals surface area contributed by atoms with Crippen molar-refractivity contribution in [1.82, 2.24) is 39.6 Å². The van der Waals surface area contributed by atoms with Gasteiger partial charge in [0.15, 0.2) is 0 Å². The average Bonchev–Trinajstić information content (AvgIpc) is 2.95. The summed E-state index contributed by atoms with van der Waals surface area (Å²) in [5.74, 6) is 1.38. The Balaban J connectivity index is -0.000000653. The lowest BCUT2D eigenvalue weighted by atomic mass is 10.1. The first-order valence-corrected chi connectivity index (χ1v) is 13.4. The van der Waals surface area contributed by atoms with E-state index in [-0.39, 0.29) is 59.8 Å². The van der Waals surface area contributed by atoms with Crippen molar-refractivity contribution in [1.29, 1.82) is 0 Å². The SMILES string of the molecule is COc1cccc(O)c1C(=O)Nc1ccc(Nc2nc(N3CCCCC3)nc(N3CCCCC3)n2)cc1Cl.Cl.N.N.N.N.[HH].[HH].[HH].[HH]. The number of nitrogens with zero attached hydrogens (tertiary/aromatic N) is 5. The Hall–Kier alpha value is -3.66. The first kappa shape index (κ1) is 39.3. The normalized spacial score (nSPS) is 13.9. The van der Waals surface area contributed by atoms with Gasteiger partial charge in [0.1, 0.15) is 17.1 Å². The predicted molar refractivity (Wildman–Crippen MR) is 185 cm³/mol. The largest absolute Gasteiger partial charge is 0.507 e. The number of anilines is 5. The second kappa shape index (κ2) is 18.1. The highest BCUT2D eigenvalue weighted by Crippen LogP contribution is 2.32. The van der Waals surface area contributed by atoms with Crippen molar-refractivity contribution < 1.29 is 20.3 Å². The zero-order valence-electron chi connectivity index (χ0n) is 24.6. The Morgan fingerprint density at radius 3 is 1.95 bits per heavy atom. The van der Waals surface area contributed by atoms with Crippen molar-refractivity contribution in [2.24, 2.45) is 0 Å². The second-order valence-corrected chi connectivity index (χ2v) is 9.89. The number of amides is 1. The van der Waals surface area contributed by atoms with Crippen molar-refractivity contribution in [3.8, 4) is 11.5 Å². The van der Waals surface area contributed by atoms with Gasteiger partial charge in [-0.3, -0.25) is 4.79 Å². The number of phenolic OH excluding ortho intramolecular Hbond substituents is 1. The van der Waals surface area contributed by atoms with Crippen LogP contribution in [0.15, 0.2) is 36.4 Å². The summed E-state index contributed by atoms with van der Waals surface area (Å²) in [7, 11) is 1.44. The number of carbonyl (C=O) groups is 1. The van der Waals surface area contributed by atoms with Gasteiger partial charge in [0.05, 0.1) is 17.8 Å². The van der Waals surface area contributed by atoms with E-state index in [4.69, 9.17) is 31.3 Å². The Labute approximate surface area is 269 Å². The Morgan fingerprint density at radius 1 is 0.884 bits per heavy atom. The maximum absolute atomic E-state index is 12.9. The summed E-state index contributed by atoms with van der Waals surface area (Å²) in [6.07, 6.45) is 6.96. The summed E-state index contributed by atoms with van der Waals surface area (Å²) >= 11 is 6.53. The average molecular weight is 651 g/mol. The molecule has 43 heavy (non-hydrogen) atoms. The third-order valence-corrected chi connectivity index (χ3v) is 7.13. The molecule has 15 N–H and O–H groups in total. The highest BCUT2D eigenvalue weighted by molar-refractivity contribution is 6.34. The zero-order valence-corrected chi connectivity index (χ0v) is 26.2. The van der Waals surface area contributed by atoms with Gasteiger partial charge in [-0.05, 0) is 68.9 Å². The van der Waals surface area contributed by atoms with Crippen LogP contribution < -0.4 is 49.8 Å². The fourth-order valence-electron chi connectivity index (χ4n) is 4.81. The van der Waals surface area contributed by atoms with Gasteiger partial charge in [-0.25, -0.2) is 0 Å². The fourth-order valence-corrected chi connectivity index (χ4v) is 5.03. The van der Waals surface area contributed by atoms with Crippen molar-refractivity contribution in [3.05, 3.63) is 47.0 Å². The van der Waals surface area contributed by atoms with Crippen LogP contribution in [0, 0.1) is 0 Å². The zero-order chi connectivity index (χ0) is 26.5. The molecule has 2 aromatic carbocycles. The number of phenols is 1. The first-order chi connectivity index (χ1) is 18.5. The number of aromatic nitrogens is 3. The lowest BCUT2D eigenvalue weighted by molar-refractivity contribution is 0.102. The molecule has 0 aliphatic carbocycles. The summed E-state index contributed by atoms with van der Waals surface area (Å²) in [5.41, 5.74) is 1.11. The van der Waals surface area contributed by atoms with Crippen LogP contribution in [0.3, 0.4) is 0 Å². The minimum absolute atomic E-state index is 0. The molecule has 2 saturated heterocycles. The summed E-state index contributed by atoms with van der Waals surface area (Å²) in [5, 5.41) is 16.5. The number of ether oxygens (including phenoxy) is 1. The van der Waals surface area contributed by atoms with Crippen molar-refractivity contribution in [3.63, 3.8) is 0 Å². The minimum atomic E-state index is -0.530. The monoisotopic (exact) mass is 649 g/mol. The molecular weight excluding hydrogens is 597 g/mol. The number of hydrogen-bond acceptors (Lipinski definition) is 13. The van der Waals surface area contributed by atoms with E-state index >= 15 is 0 Å². The highest BCUT2D eigenvalue weighted by Gasteiger charge is 2.21. The molecule has 3 aromatic rings. The van der Waals surface area contributed by atoms with E-state index in [1.54, 1.807) is 30.3 Å². The Kier molecular flexibility index (Phi) is 16.6. The molecule has 14 nitrogen and oxygen atoms in total. The molecule has 2 aliphatic rings. The molecule has 0 atom stereocenters. The van der Waals surface area contributed by atoms with E-state index in [9.17, 15) is 9.90 Å². The Morgan fingerprint density at radius 2 is 1.44 bits per heavy atom. The molecular formula is C27H53Cl2N11O3. The molecule has 0 bridgehead atoms. The van der Waals surface area contributed by atoms with Crippen LogP contribution >= 0.6 is 24.0 Å². The lowest BCUT2D eigenvalue weighted by Gasteiger charge is -2.30. The van der Waals surface area contributed by atoms with Gasteiger partial charge in [0.25, 0.3) is 5.91 Å². The van der Waals surface area contributed by atoms with Crippen LogP contribution in [-0.2, 0) is 0 Å². The molecule has 0 radical (unpaired) electrons. The quantitative estimate of drug-likeness (QED) is 0.133. The lowest BCUT2D eigenvalue weighted by Crippen LogP contribution is -2.34. The summed E-state index contributed by atoms with van der Waals surface area (Å²) in [4.78, 5) is 31.6. The van der Waals surface area contributed by atoms with Crippen LogP contribution in [0.2, 0.25) is 5.02 Å². The molecule has 16 heteroatoms. The third-order valence-electron chi connectivity index (χ3n) is 6.81. The number of rotatable bonds is 7. The van der Waals surface area contributed by atoms with Crippen molar-refractivity contribution >= 4 is 59.1 Å². The van der Waals surface area contributed by atoms with E-state index in [1.807, 2.05) is 0 Å². The number of halogens is 2. The van der Waals surface area contributed by atoms with E-state index in [0.29, 0.717) is 34.2 Å². The van der Waals surface area contributed by atoms with Gasteiger partial charge in [0.2, 0.25) is 17.8 Å². The number of hydrogen-bond donors (Lipinski definition) is 7. The number of piperidine rings is 2. The molecule has 0 saturated carbocycles. The van der Waals surface area contributed by atoms with Crippen molar-refractivity contribution in [2.75, 3.05) is 53.7 Å². The number of carbonyl (C=O) groups excluding carboxylic acids is 1. The van der Waals surface area contributed by atoms with Crippen molar-refractivity contribution in [2.45, 2.75) is 38.5 Å². The predicted octanol–water partition coefficient (Wildman–Crippen LogP) is 7.27. The van der Waals surface area contributed by atoms with Gasteiger partial charge >= 0.3 is 0 Å². The molecule has 0 spiro atoms. The molecule has 1 aromatic heterocycles. The molecule has 0 unspecified atom stereocenters. The summed E-state index contributed by atoms with van der Waals surface area (Å²) in [6.45, 7) is 3.74. The van der Waals surface area contributed by atoms with E-state index in [0.717, 1.165) is 51.9 Å². The molecule has 3 heterocycles. The number of nitrogens with one attached hydrogen (secondary N) is 2. The van der Waals surface area contributed by atoms with Crippen LogP contribution in [-0.4, -0.2) is 59.3 Å². The van der Waals surface area contributed by atoms with E-state index in [2.05, 4.69) is 20.4 Å². The number of aromatic hydroxyl groups is 1. The molecule has 2 fully saturated rings. The van der Waals surface area contributed by atoms with Gasteiger partial charge in [-0.2, -0.15) is 15.0 Å². The third kappa shape index (κ3) is 9.41. The van der Waals surface area contributed by atoms with Gasteiger partial charge < -0.3 is 54.9 Å². The van der Waals surface area contributed by atoms with E-state index < -0.39 is 5.91 Å². The van der Waals surface area contributed by atoms with Crippen LogP contribution in [0.1, 0.15) is 54.6 Å². The van der Waals surface area contributed by atoms with E-state index in [1.165, 1.54) is 26.0 Å². The fraction of sp³-hybridized carbons (Fsp3) is 0.407. The second-order valence-electron chi connectivity index (χ2n) is 9.48. The van der Waals surface area contributed by atoms with Crippen LogP contribution in [0.4, 0.5) is 29.2 Å². The number of methoxy groups -OCH3 is 1.